The average Bonchev–Trinajstić information content (AvgIpc) is 2.59. The molecule has 0 radical (unpaired) electrons. The molecule has 1 saturated heterocycles. The van der Waals surface area contributed by atoms with E-state index in [1.54, 1.807) is 19.2 Å². The molecule has 1 aliphatic heterocycles. The van der Waals surface area contributed by atoms with Crippen LogP contribution in [-0.2, 0) is 4.74 Å². The highest BCUT2D eigenvalue weighted by molar-refractivity contribution is 5.87. The number of aliphatic hydroxyl groups excluding tert-OH is 1. The number of carbonyl (C=O) groups is 1. The third-order valence-electron chi connectivity index (χ3n) is 4.45. The summed E-state index contributed by atoms with van der Waals surface area (Å²) in [6.07, 6.45) is 2.37. The van der Waals surface area contributed by atoms with Crippen LogP contribution >= 0.6 is 0 Å². The van der Waals surface area contributed by atoms with Crippen molar-refractivity contribution < 1.29 is 19.7 Å². The monoisotopic (exact) mass is 337 g/mol. The Morgan fingerprint density at radius 2 is 2.17 bits per heavy atom. The number of aromatic carboxylic acids is 1. The van der Waals surface area contributed by atoms with E-state index in [1.807, 2.05) is 0 Å². The largest absolute Gasteiger partial charge is 0.478 e. The molecule has 7 heteroatoms. The van der Waals surface area contributed by atoms with E-state index in [9.17, 15) is 9.90 Å². The highest BCUT2D eigenvalue weighted by Crippen LogP contribution is 2.26. The van der Waals surface area contributed by atoms with Gasteiger partial charge in [-0.15, -0.1) is 0 Å². The van der Waals surface area contributed by atoms with Gasteiger partial charge in [-0.25, -0.2) is 9.78 Å². The lowest BCUT2D eigenvalue weighted by Crippen LogP contribution is -2.45. The van der Waals surface area contributed by atoms with Crippen LogP contribution < -0.4 is 4.90 Å². The Labute approximate surface area is 142 Å². The first kappa shape index (κ1) is 18.6. The van der Waals surface area contributed by atoms with Crippen LogP contribution in [0.1, 0.15) is 16.8 Å². The predicted molar refractivity (Wildman–Crippen MR) is 91.5 cm³/mol. The van der Waals surface area contributed by atoms with Gasteiger partial charge in [0.05, 0.1) is 12.2 Å². The molecule has 0 aromatic carbocycles. The topological polar surface area (TPSA) is 86.1 Å². The molecule has 1 aromatic rings. The molecule has 7 nitrogen and oxygen atoms in total. The van der Waals surface area contributed by atoms with Crippen LogP contribution in [0.3, 0.4) is 0 Å². The van der Waals surface area contributed by atoms with Crippen molar-refractivity contribution in [3.05, 3.63) is 23.9 Å². The van der Waals surface area contributed by atoms with Crippen LogP contribution in [0.25, 0.3) is 0 Å². The molecule has 2 heterocycles. The number of aliphatic hydroxyl groups is 1. The highest BCUT2D eigenvalue weighted by atomic mass is 16.5. The van der Waals surface area contributed by atoms with Crippen molar-refractivity contribution in [2.45, 2.75) is 6.42 Å². The summed E-state index contributed by atoms with van der Waals surface area (Å²) in [5.41, 5.74) is 0.185. The minimum absolute atomic E-state index is 0.155. The second kappa shape index (κ2) is 8.96. The van der Waals surface area contributed by atoms with Crippen LogP contribution in [0.15, 0.2) is 18.3 Å². The van der Waals surface area contributed by atoms with Crippen LogP contribution in [-0.4, -0.2) is 79.6 Å². The zero-order valence-electron chi connectivity index (χ0n) is 14.4. The van der Waals surface area contributed by atoms with Crippen molar-refractivity contribution >= 4 is 11.8 Å². The number of ether oxygens (including phenoxy) is 1. The Balaban J connectivity index is 2.02. The molecule has 0 amide bonds. The second-order valence-corrected chi connectivity index (χ2v) is 6.52. The van der Waals surface area contributed by atoms with Gasteiger partial charge in [0, 0.05) is 46.1 Å². The third kappa shape index (κ3) is 5.15. The highest BCUT2D eigenvalue weighted by Gasteiger charge is 2.28. The summed E-state index contributed by atoms with van der Waals surface area (Å²) in [6, 6.07) is 3.32. The third-order valence-corrected chi connectivity index (χ3v) is 4.45. The maximum absolute atomic E-state index is 10.9. The lowest BCUT2D eigenvalue weighted by molar-refractivity contribution is 0.0696. The molecule has 1 aromatic heterocycles. The molecule has 1 aliphatic rings. The molecule has 0 bridgehead atoms. The summed E-state index contributed by atoms with van der Waals surface area (Å²) in [7, 11) is 3.77. The van der Waals surface area contributed by atoms with Gasteiger partial charge in [-0.1, -0.05) is 0 Å². The fraction of sp³-hybridized carbons (Fsp3) is 0.647. The number of piperidine rings is 1. The van der Waals surface area contributed by atoms with Crippen molar-refractivity contribution in [1.82, 2.24) is 9.88 Å². The second-order valence-electron chi connectivity index (χ2n) is 6.52. The number of hydrogen-bond acceptors (Lipinski definition) is 6. The Kier molecular flexibility index (Phi) is 6.96. The van der Waals surface area contributed by atoms with Gasteiger partial charge in [-0.05, 0) is 37.4 Å². The lowest BCUT2D eigenvalue weighted by Gasteiger charge is -2.39. The van der Waals surface area contributed by atoms with Gasteiger partial charge in [0.15, 0.2) is 0 Å². The summed E-state index contributed by atoms with van der Waals surface area (Å²) in [6.45, 7) is 4.27. The molecule has 2 atom stereocenters. The van der Waals surface area contributed by atoms with Crippen molar-refractivity contribution in [2.75, 3.05) is 58.5 Å². The molecule has 2 N–H and O–H groups in total. The predicted octanol–water partition coefficient (Wildman–Crippen LogP) is 0.793. The van der Waals surface area contributed by atoms with Crippen LogP contribution in [0.4, 0.5) is 5.82 Å². The van der Waals surface area contributed by atoms with Crippen molar-refractivity contribution in [3.63, 3.8) is 0 Å². The smallest absolute Gasteiger partial charge is 0.337 e. The van der Waals surface area contributed by atoms with Crippen molar-refractivity contribution in [2.24, 2.45) is 11.8 Å². The molecule has 24 heavy (non-hydrogen) atoms. The van der Waals surface area contributed by atoms with E-state index in [1.165, 1.54) is 6.20 Å². The zero-order valence-corrected chi connectivity index (χ0v) is 14.4. The first-order valence-electron chi connectivity index (χ1n) is 8.26. The van der Waals surface area contributed by atoms with E-state index >= 15 is 0 Å². The first-order chi connectivity index (χ1) is 11.5. The molecule has 0 aliphatic carbocycles. The zero-order chi connectivity index (χ0) is 17.5. The van der Waals surface area contributed by atoms with E-state index in [4.69, 9.17) is 9.84 Å². The van der Waals surface area contributed by atoms with Crippen LogP contribution in [0.5, 0.6) is 0 Å². The first-order valence-corrected chi connectivity index (χ1v) is 8.26. The number of carboxylic acid groups (broad SMARTS) is 1. The van der Waals surface area contributed by atoms with E-state index in [2.05, 4.69) is 21.8 Å². The molecule has 0 saturated carbocycles. The fourth-order valence-electron chi connectivity index (χ4n) is 3.25. The van der Waals surface area contributed by atoms with Crippen LogP contribution in [0, 0.1) is 11.8 Å². The Morgan fingerprint density at radius 1 is 1.42 bits per heavy atom. The van der Waals surface area contributed by atoms with E-state index in [0.717, 1.165) is 38.4 Å². The van der Waals surface area contributed by atoms with Gasteiger partial charge in [-0.3, -0.25) is 0 Å². The summed E-state index contributed by atoms with van der Waals surface area (Å²) < 4.78 is 5.11. The van der Waals surface area contributed by atoms with Gasteiger partial charge >= 0.3 is 5.97 Å². The van der Waals surface area contributed by atoms with Crippen molar-refractivity contribution in [3.8, 4) is 0 Å². The lowest BCUT2D eigenvalue weighted by atomic mass is 9.89. The van der Waals surface area contributed by atoms with E-state index in [0.29, 0.717) is 12.5 Å². The summed E-state index contributed by atoms with van der Waals surface area (Å²) in [5, 5.41) is 18.6. The molecule has 2 rings (SSSR count). The standard InChI is InChI=1S/C17H27N3O4/c1-19(5-6-24-2)9-13-7-14(12-21)11-20(10-13)16-4-3-15(8-18-16)17(22)23/h3-4,8,13-14,21H,5-7,9-12H2,1-2H3,(H,22,23). The van der Waals surface area contributed by atoms with Gasteiger partial charge in [0.25, 0.3) is 0 Å². The number of rotatable bonds is 8. The van der Waals surface area contributed by atoms with E-state index < -0.39 is 5.97 Å². The molecule has 2 unspecified atom stereocenters. The van der Waals surface area contributed by atoms with Crippen molar-refractivity contribution in [1.29, 1.82) is 0 Å². The number of hydrogen-bond donors (Lipinski definition) is 2. The number of methoxy groups -OCH3 is 1. The SMILES string of the molecule is COCCN(C)CC1CC(CO)CN(c2ccc(C(=O)O)cn2)C1. The fourth-order valence-corrected chi connectivity index (χ4v) is 3.25. The normalized spacial score (nSPS) is 21.2. The summed E-state index contributed by atoms with van der Waals surface area (Å²) in [5.74, 6) is 0.431. The van der Waals surface area contributed by atoms with Gasteiger partial charge < -0.3 is 24.7 Å². The number of likely N-dealkylation sites (N-methyl/N-ethyl adjacent to an activating group) is 1. The Hall–Kier alpha value is -1.70. The average molecular weight is 337 g/mol. The number of carboxylic acids is 1. The summed E-state index contributed by atoms with van der Waals surface area (Å²) in [4.78, 5) is 19.6. The summed E-state index contributed by atoms with van der Waals surface area (Å²) >= 11 is 0. The molecule has 0 spiro atoms. The number of pyridine rings is 1. The molecular formula is C17H27N3O4. The van der Waals surface area contributed by atoms with E-state index in [-0.39, 0.29) is 18.1 Å². The van der Waals surface area contributed by atoms with Gasteiger partial charge in [0.2, 0.25) is 0 Å². The maximum Gasteiger partial charge on any atom is 0.337 e. The quantitative estimate of drug-likeness (QED) is 0.725. The molecule has 1 fully saturated rings. The maximum atomic E-state index is 10.9. The minimum Gasteiger partial charge on any atom is -0.478 e. The number of aromatic nitrogens is 1. The van der Waals surface area contributed by atoms with Crippen LogP contribution in [0.2, 0.25) is 0 Å². The van der Waals surface area contributed by atoms with Gasteiger partial charge in [0.1, 0.15) is 5.82 Å². The Morgan fingerprint density at radius 3 is 2.75 bits per heavy atom. The number of nitrogens with zero attached hydrogens (tertiary/aromatic N) is 3. The molecular weight excluding hydrogens is 310 g/mol. The molecule has 134 valence electrons. The Bertz CT molecular complexity index is 523. The number of anilines is 1. The van der Waals surface area contributed by atoms with Gasteiger partial charge in [-0.2, -0.15) is 0 Å². The minimum atomic E-state index is -0.974.